The maximum absolute atomic E-state index is 5.95. The number of aliphatic imine (C=N–C) groups is 1. The number of pyridine rings is 2. The Balaban J connectivity index is 1.93. The van der Waals surface area contributed by atoms with Crippen molar-refractivity contribution in [2.24, 2.45) is 16.5 Å². The number of aromatic nitrogens is 2. The number of hydrogen-bond acceptors (Lipinski definition) is 4. The Morgan fingerprint density at radius 1 is 0.793 bits per heavy atom. The van der Waals surface area contributed by atoms with E-state index in [2.05, 4.69) is 38.6 Å². The van der Waals surface area contributed by atoms with Crippen LogP contribution in [-0.2, 0) is 0 Å². The summed E-state index contributed by atoms with van der Waals surface area (Å²) < 4.78 is 5.95. The van der Waals surface area contributed by atoms with Crippen LogP contribution in [0.2, 0.25) is 0 Å². The Hall–Kier alpha value is -4.29. The van der Waals surface area contributed by atoms with Crippen molar-refractivity contribution < 1.29 is 4.74 Å². The van der Waals surface area contributed by atoms with Crippen molar-refractivity contribution in [2.45, 2.75) is 0 Å². The predicted octanol–water partition coefficient (Wildman–Crippen LogP) is 1.93. The molecule has 6 heteroatoms. The van der Waals surface area contributed by atoms with Crippen LogP contribution in [0.15, 0.2) is 72.2 Å². The second-order valence-electron chi connectivity index (χ2n) is 5.81. The van der Waals surface area contributed by atoms with E-state index in [1.807, 2.05) is 42.5 Å². The lowest BCUT2D eigenvalue weighted by atomic mass is 10.1. The number of para-hydroxylation sites is 1. The minimum absolute atomic E-state index is 0.0251. The maximum Gasteiger partial charge on any atom is 0.186 e. The highest BCUT2D eigenvalue weighted by Gasteiger charge is 2.07. The molecule has 0 radical (unpaired) electrons. The van der Waals surface area contributed by atoms with Gasteiger partial charge in [-0.05, 0) is 36.4 Å². The van der Waals surface area contributed by atoms with Crippen LogP contribution in [-0.4, -0.2) is 29.1 Å². The van der Waals surface area contributed by atoms with Gasteiger partial charge in [-0.25, -0.2) is 0 Å². The quantitative estimate of drug-likeness (QED) is 0.311. The second-order valence-corrected chi connectivity index (χ2v) is 5.81. The maximum atomic E-state index is 5.95. The third kappa shape index (κ3) is 6.13. The summed E-state index contributed by atoms with van der Waals surface area (Å²) in [6.07, 6.45) is 6.81. The zero-order valence-electron chi connectivity index (χ0n) is 15.7. The molecule has 4 N–H and O–H groups in total. The summed E-state index contributed by atoms with van der Waals surface area (Å²) >= 11 is 0. The van der Waals surface area contributed by atoms with Gasteiger partial charge in [0.2, 0.25) is 0 Å². The molecule has 0 unspecified atom stereocenters. The van der Waals surface area contributed by atoms with Gasteiger partial charge in [0.05, 0.1) is 17.7 Å². The highest BCUT2D eigenvalue weighted by molar-refractivity contribution is 5.75. The lowest BCUT2D eigenvalue weighted by Gasteiger charge is -2.09. The van der Waals surface area contributed by atoms with Gasteiger partial charge in [0.1, 0.15) is 6.61 Å². The summed E-state index contributed by atoms with van der Waals surface area (Å²) in [5, 5.41) is 0. The van der Waals surface area contributed by atoms with Crippen LogP contribution in [0.5, 0.6) is 5.75 Å². The van der Waals surface area contributed by atoms with Crippen molar-refractivity contribution in [3.05, 3.63) is 89.5 Å². The Labute approximate surface area is 169 Å². The Morgan fingerprint density at radius 3 is 1.79 bits per heavy atom. The fraction of sp³-hybridized carbons (Fsp3) is 0.0870. The molecule has 0 aliphatic carbocycles. The van der Waals surface area contributed by atoms with Crippen LogP contribution >= 0.6 is 0 Å². The lowest BCUT2D eigenvalue weighted by molar-refractivity contribution is 0.327. The van der Waals surface area contributed by atoms with Gasteiger partial charge in [0.25, 0.3) is 0 Å². The summed E-state index contributed by atoms with van der Waals surface area (Å²) in [7, 11) is 0. The van der Waals surface area contributed by atoms with E-state index in [4.69, 9.17) is 16.2 Å². The average molecular weight is 381 g/mol. The fourth-order valence-corrected chi connectivity index (χ4v) is 2.36. The summed E-state index contributed by atoms with van der Waals surface area (Å²) in [4.78, 5) is 11.9. The number of hydrogen-bond donors (Lipinski definition) is 2. The number of benzene rings is 1. The second kappa shape index (κ2) is 10.1. The predicted molar refractivity (Wildman–Crippen MR) is 113 cm³/mol. The standard InChI is InChI=1S/C23H19N5O/c24-23(25)28-16-17-29-22-20(6-4-18-8-12-26-13-9-18)2-1-3-21(22)7-5-19-10-14-27-15-11-19/h1-3,8-15H,16-17H2,(H4,24,25,28). The molecule has 2 heterocycles. The summed E-state index contributed by atoms with van der Waals surface area (Å²) in [6, 6.07) is 13.1. The molecular formula is C23H19N5O. The van der Waals surface area contributed by atoms with Gasteiger partial charge in [0, 0.05) is 35.9 Å². The van der Waals surface area contributed by atoms with Crippen LogP contribution in [0, 0.1) is 23.7 Å². The molecule has 0 saturated carbocycles. The van der Waals surface area contributed by atoms with Crippen LogP contribution < -0.4 is 16.2 Å². The van der Waals surface area contributed by atoms with Crippen molar-refractivity contribution >= 4 is 5.96 Å². The summed E-state index contributed by atoms with van der Waals surface area (Å²) in [5.74, 6) is 13.2. The molecule has 0 aliphatic heterocycles. The van der Waals surface area contributed by atoms with E-state index in [1.165, 1.54) is 0 Å². The number of nitrogens with zero attached hydrogens (tertiary/aromatic N) is 3. The van der Waals surface area contributed by atoms with Gasteiger partial charge in [0.15, 0.2) is 11.7 Å². The third-order valence-electron chi connectivity index (χ3n) is 3.69. The molecule has 0 aliphatic rings. The van der Waals surface area contributed by atoms with Crippen LogP contribution in [0.25, 0.3) is 0 Å². The van der Waals surface area contributed by atoms with Gasteiger partial charge in [-0.3, -0.25) is 15.0 Å². The number of rotatable bonds is 4. The Bertz CT molecular complexity index is 1020. The molecule has 0 fully saturated rings. The number of nitrogens with two attached hydrogens (primary N) is 2. The third-order valence-corrected chi connectivity index (χ3v) is 3.69. The van der Waals surface area contributed by atoms with Crippen LogP contribution in [0.4, 0.5) is 0 Å². The van der Waals surface area contributed by atoms with E-state index in [-0.39, 0.29) is 5.96 Å². The Kier molecular flexibility index (Phi) is 6.81. The van der Waals surface area contributed by atoms with E-state index in [1.54, 1.807) is 24.8 Å². The van der Waals surface area contributed by atoms with Crippen molar-refractivity contribution in [1.82, 2.24) is 9.97 Å². The molecule has 142 valence electrons. The molecule has 0 spiro atoms. The molecule has 0 saturated heterocycles. The molecule has 0 bridgehead atoms. The first-order valence-electron chi connectivity index (χ1n) is 8.87. The molecule has 3 rings (SSSR count). The summed E-state index contributed by atoms with van der Waals surface area (Å²) in [6.45, 7) is 0.640. The average Bonchev–Trinajstić information content (AvgIpc) is 2.76. The van der Waals surface area contributed by atoms with Gasteiger partial charge in [-0.2, -0.15) is 0 Å². The summed E-state index contributed by atoms with van der Waals surface area (Å²) in [5.41, 5.74) is 13.9. The highest BCUT2D eigenvalue weighted by atomic mass is 16.5. The lowest BCUT2D eigenvalue weighted by Crippen LogP contribution is -2.23. The van der Waals surface area contributed by atoms with E-state index in [0.29, 0.717) is 18.9 Å². The molecule has 0 atom stereocenters. The zero-order chi connectivity index (χ0) is 20.3. The molecule has 1 aromatic carbocycles. The van der Waals surface area contributed by atoms with Gasteiger partial charge in [-0.1, -0.05) is 29.7 Å². The monoisotopic (exact) mass is 381 g/mol. The van der Waals surface area contributed by atoms with E-state index < -0.39 is 0 Å². The van der Waals surface area contributed by atoms with Crippen molar-refractivity contribution in [3.8, 4) is 29.4 Å². The molecule has 3 aromatic rings. The SMILES string of the molecule is NC(N)=NCCOc1c(C#Cc2ccncc2)cccc1C#Cc1ccncc1. The van der Waals surface area contributed by atoms with Gasteiger partial charge in [-0.15, -0.1) is 0 Å². The van der Waals surface area contributed by atoms with Crippen molar-refractivity contribution in [2.75, 3.05) is 13.2 Å². The highest BCUT2D eigenvalue weighted by Crippen LogP contribution is 2.23. The largest absolute Gasteiger partial charge is 0.489 e. The van der Waals surface area contributed by atoms with Gasteiger partial charge >= 0.3 is 0 Å². The molecule has 29 heavy (non-hydrogen) atoms. The first-order valence-corrected chi connectivity index (χ1v) is 8.87. The normalized spacial score (nSPS) is 9.38. The zero-order valence-corrected chi connectivity index (χ0v) is 15.7. The first kappa shape index (κ1) is 19.5. The van der Waals surface area contributed by atoms with Gasteiger partial charge < -0.3 is 16.2 Å². The van der Waals surface area contributed by atoms with Crippen LogP contribution in [0.1, 0.15) is 22.3 Å². The number of ether oxygens (including phenoxy) is 1. The Morgan fingerprint density at radius 2 is 1.31 bits per heavy atom. The van der Waals surface area contributed by atoms with Crippen molar-refractivity contribution in [1.29, 1.82) is 0 Å². The molecule has 0 amide bonds. The van der Waals surface area contributed by atoms with Crippen LogP contribution in [0.3, 0.4) is 0 Å². The topological polar surface area (TPSA) is 99.4 Å². The first-order chi connectivity index (χ1) is 14.2. The molecular weight excluding hydrogens is 362 g/mol. The molecule has 2 aromatic heterocycles. The minimum Gasteiger partial charge on any atom is -0.489 e. The molecule has 6 nitrogen and oxygen atoms in total. The smallest absolute Gasteiger partial charge is 0.186 e. The fourth-order valence-electron chi connectivity index (χ4n) is 2.36. The van der Waals surface area contributed by atoms with E-state index in [9.17, 15) is 0 Å². The number of guanidine groups is 1. The van der Waals surface area contributed by atoms with Crippen molar-refractivity contribution in [3.63, 3.8) is 0 Å². The van der Waals surface area contributed by atoms with E-state index in [0.717, 1.165) is 22.3 Å². The van der Waals surface area contributed by atoms with E-state index >= 15 is 0 Å². The minimum atomic E-state index is 0.0251.